The van der Waals surface area contributed by atoms with Crippen LogP contribution in [0.25, 0.3) is 0 Å². The molecule has 5 N–H and O–H groups in total. The second-order valence-corrected chi connectivity index (χ2v) is 6.54. The molecule has 0 spiro atoms. The van der Waals surface area contributed by atoms with Gasteiger partial charge >= 0.3 is 16.4 Å². The number of fused-ring (bicyclic) bond motifs is 4. The molecule has 1 aromatic rings. The number of nitrogens with two attached hydrogens (primary N) is 1. The van der Waals surface area contributed by atoms with Crippen molar-refractivity contribution in [1.82, 2.24) is 30.6 Å². The Hall–Kier alpha value is -2.75. The van der Waals surface area contributed by atoms with E-state index in [9.17, 15) is 22.8 Å². The number of aromatic nitrogens is 2. The zero-order valence-electron chi connectivity index (χ0n) is 13.3. The predicted molar refractivity (Wildman–Crippen MR) is 80.6 cm³/mol. The van der Waals surface area contributed by atoms with E-state index in [-0.39, 0.29) is 13.1 Å². The van der Waals surface area contributed by atoms with E-state index >= 15 is 0 Å². The topological polar surface area (TPSA) is 189 Å². The third kappa shape index (κ3) is 2.96. The van der Waals surface area contributed by atoms with Gasteiger partial charge in [0.2, 0.25) is 0 Å². The van der Waals surface area contributed by atoms with Crippen molar-refractivity contribution in [3.05, 3.63) is 17.5 Å². The fourth-order valence-electron chi connectivity index (χ4n) is 2.94. The lowest BCUT2D eigenvalue weighted by Crippen LogP contribution is -2.51. The van der Waals surface area contributed by atoms with Crippen LogP contribution < -0.4 is 16.6 Å². The number of nitrogens with zero attached hydrogens (tertiary/aromatic N) is 4. The summed E-state index contributed by atoms with van der Waals surface area (Å²) in [5.74, 6) is -1.42. The van der Waals surface area contributed by atoms with E-state index in [2.05, 4.69) is 20.2 Å². The van der Waals surface area contributed by atoms with Crippen molar-refractivity contribution < 1.29 is 31.6 Å². The lowest BCUT2D eigenvalue weighted by atomic mass is 9.97. The molecule has 0 radical (unpaired) electrons. The second-order valence-electron chi connectivity index (χ2n) is 5.53. The van der Waals surface area contributed by atoms with Crippen molar-refractivity contribution in [3.63, 3.8) is 0 Å². The minimum absolute atomic E-state index is 0.0873. The molecular weight excluding hydrogens is 374 g/mol. The predicted octanol–water partition coefficient (Wildman–Crippen LogP) is -2.91. The van der Waals surface area contributed by atoms with Gasteiger partial charge in [-0.15, -0.1) is 4.28 Å². The van der Waals surface area contributed by atoms with Crippen molar-refractivity contribution >= 4 is 28.2 Å². The number of hydrogen-bond acceptors (Lipinski definition) is 8. The summed E-state index contributed by atoms with van der Waals surface area (Å²) in [4.78, 5) is 37.3. The molecular formula is C11H15N7O7S. The van der Waals surface area contributed by atoms with Gasteiger partial charge in [-0.05, 0) is 0 Å². The van der Waals surface area contributed by atoms with Gasteiger partial charge in [-0.25, -0.2) is 4.79 Å². The van der Waals surface area contributed by atoms with Crippen molar-refractivity contribution in [2.24, 2.45) is 12.8 Å². The standard InChI is InChI=1S/C11H15N7O7S/c1-16-8-5(3-13-16)6-4-17(11(21)18(6)25-26(22,23)24)9(8)10(20)15-14-7(19)2-12/h3,6,9H,2,4,12H2,1H3,(H,14,19)(H,15,20)(H,22,23,24)/t6-,9-/m0/s1. The van der Waals surface area contributed by atoms with Gasteiger partial charge < -0.3 is 10.6 Å². The van der Waals surface area contributed by atoms with E-state index in [0.29, 0.717) is 16.3 Å². The molecule has 4 amide bonds. The third-order valence-electron chi connectivity index (χ3n) is 3.96. The van der Waals surface area contributed by atoms with Crippen LogP contribution in [0.4, 0.5) is 4.79 Å². The molecule has 0 unspecified atom stereocenters. The van der Waals surface area contributed by atoms with E-state index in [1.165, 1.54) is 17.9 Å². The summed E-state index contributed by atoms with van der Waals surface area (Å²) in [5, 5.41) is 4.47. The van der Waals surface area contributed by atoms with Crippen LogP contribution in [0.1, 0.15) is 23.3 Å². The Morgan fingerprint density at radius 1 is 1.46 bits per heavy atom. The molecule has 0 aliphatic carbocycles. The number of amides is 4. The molecule has 3 rings (SSSR count). The van der Waals surface area contributed by atoms with Gasteiger partial charge in [-0.2, -0.15) is 18.6 Å². The first-order chi connectivity index (χ1) is 12.1. The van der Waals surface area contributed by atoms with Crippen LogP contribution in [0, 0.1) is 0 Å². The van der Waals surface area contributed by atoms with Gasteiger partial charge in [0.05, 0.1) is 25.0 Å². The van der Waals surface area contributed by atoms with Crippen molar-refractivity contribution in [2.45, 2.75) is 12.1 Å². The van der Waals surface area contributed by atoms with Gasteiger partial charge in [-0.3, -0.25) is 29.7 Å². The summed E-state index contributed by atoms with van der Waals surface area (Å²) in [6.45, 7) is -0.446. The molecule has 2 bridgehead atoms. The highest BCUT2D eigenvalue weighted by Crippen LogP contribution is 2.43. The Morgan fingerprint density at radius 3 is 2.77 bits per heavy atom. The maximum Gasteiger partial charge on any atom is 0.418 e. The third-order valence-corrected chi connectivity index (χ3v) is 4.31. The summed E-state index contributed by atoms with van der Waals surface area (Å²) >= 11 is 0. The van der Waals surface area contributed by atoms with Gasteiger partial charge in [0.1, 0.15) is 6.04 Å². The smallest absolute Gasteiger partial charge is 0.322 e. The van der Waals surface area contributed by atoms with Crippen molar-refractivity contribution in [3.8, 4) is 0 Å². The Morgan fingerprint density at radius 2 is 2.15 bits per heavy atom. The van der Waals surface area contributed by atoms with Gasteiger partial charge in [0, 0.05) is 12.6 Å². The van der Waals surface area contributed by atoms with Crippen LogP contribution in [-0.2, 0) is 31.3 Å². The number of hydrazine groups is 1. The second kappa shape index (κ2) is 6.20. The maximum absolute atomic E-state index is 12.5. The molecule has 142 valence electrons. The number of nitrogens with one attached hydrogen (secondary N) is 2. The Labute approximate surface area is 146 Å². The minimum atomic E-state index is -4.96. The summed E-state index contributed by atoms with van der Waals surface area (Å²) < 4.78 is 36.6. The quantitative estimate of drug-likeness (QED) is 0.309. The molecule has 0 aromatic carbocycles. The highest BCUT2D eigenvalue weighted by Gasteiger charge is 2.53. The highest BCUT2D eigenvalue weighted by molar-refractivity contribution is 7.80. The number of carbonyl (C=O) groups is 3. The van der Waals surface area contributed by atoms with Crippen LogP contribution in [0.15, 0.2) is 6.20 Å². The van der Waals surface area contributed by atoms with Crippen LogP contribution in [0.3, 0.4) is 0 Å². The van der Waals surface area contributed by atoms with Crippen molar-refractivity contribution in [1.29, 1.82) is 0 Å². The highest BCUT2D eigenvalue weighted by atomic mass is 32.3. The molecule has 1 fully saturated rings. The number of aryl methyl sites for hydroxylation is 1. The first-order valence-electron chi connectivity index (χ1n) is 7.21. The molecule has 0 saturated carbocycles. The number of hydroxylamine groups is 2. The molecule has 1 aromatic heterocycles. The largest absolute Gasteiger partial charge is 0.418 e. The van der Waals surface area contributed by atoms with E-state index in [1.54, 1.807) is 0 Å². The summed E-state index contributed by atoms with van der Waals surface area (Å²) in [7, 11) is -3.43. The first kappa shape index (κ1) is 18.1. The molecule has 2 aliphatic heterocycles. The van der Waals surface area contributed by atoms with Crippen molar-refractivity contribution in [2.75, 3.05) is 13.1 Å². The molecule has 3 heterocycles. The van der Waals surface area contributed by atoms with E-state index in [0.717, 1.165) is 4.90 Å². The summed E-state index contributed by atoms with van der Waals surface area (Å²) in [5.41, 5.74) is 10.0. The minimum Gasteiger partial charge on any atom is -0.322 e. The fraction of sp³-hybridized carbons (Fsp3) is 0.455. The molecule has 14 nitrogen and oxygen atoms in total. The summed E-state index contributed by atoms with van der Waals surface area (Å²) in [6, 6.07) is -3.06. The lowest BCUT2D eigenvalue weighted by Gasteiger charge is -2.30. The van der Waals surface area contributed by atoms with Gasteiger partial charge in [0.25, 0.3) is 11.8 Å². The molecule has 15 heteroatoms. The fourth-order valence-corrected chi connectivity index (χ4v) is 3.31. The first-order valence-corrected chi connectivity index (χ1v) is 8.58. The SMILES string of the molecule is Cn1ncc2c1[C@@H](C(=O)NNC(=O)CN)N1C[C@@H]2N(OS(=O)(=O)O)C1=O. The number of carbonyl (C=O) groups excluding carboxylic acids is 3. The molecule has 2 atom stereocenters. The van der Waals surface area contributed by atoms with Crippen LogP contribution in [0.2, 0.25) is 0 Å². The Balaban J connectivity index is 1.96. The van der Waals surface area contributed by atoms with Crippen LogP contribution in [0.5, 0.6) is 0 Å². The molecule has 26 heavy (non-hydrogen) atoms. The number of hydrogen-bond donors (Lipinski definition) is 4. The zero-order chi connectivity index (χ0) is 19.2. The van der Waals surface area contributed by atoms with Crippen LogP contribution >= 0.6 is 0 Å². The zero-order valence-corrected chi connectivity index (χ0v) is 14.1. The number of rotatable bonds is 4. The van der Waals surface area contributed by atoms with Crippen LogP contribution in [-0.4, -0.2) is 63.6 Å². The van der Waals surface area contributed by atoms with Gasteiger partial charge in [0.15, 0.2) is 6.04 Å². The Kier molecular flexibility index (Phi) is 4.31. The van der Waals surface area contributed by atoms with E-state index in [1.807, 2.05) is 0 Å². The number of urea groups is 1. The lowest BCUT2D eigenvalue weighted by molar-refractivity contribution is -0.131. The average Bonchev–Trinajstić information content (AvgIpc) is 3.07. The molecule has 2 aliphatic rings. The van der Waals surface area contributed by atoms with Gasteiger partial charge in [-0.1, -0.05) is 0 Å². The maximum atomic E-state index is 12.5. The monoisotopic (exact) mass is 389 g/mol. The normalized spacial score (nSPS) is 21.6. The average molecular weight is 389 g/mol. The molecule has 1 saturated heterocycles. The Bertz CT molecular complexity index is 881. The van der Waals surface area contributed by atoms with E-state index in [4.69, 9.17) is 10.3 Å². The summed E-state index contributed by atoms with van der Waals surface area (Å²) in [6.07, 6.45) is 1.36. The van der Waals surface area contributed by atoms with E-state index < -0.39 is 40.3 Å².